The third kappa shape index (κ3) is 3.92. The highest BCUT2D eigenvalue weighted by molar-refractivity contribution is 5.63. The van der Waals surface area contributed by atoms with Crippen molar-refractivity contribution in [2.75, 3.05) is 6.61 Å². The van der Waals surface area contributed by atoms with Crippen LogP contribution in [-0.2, 0) is 0 Å². The molecule has 2 N–H and O–H groups in total. The number of hydrogen-bond donors (Lipinski definition) is 2. The molecule has 2 nitrogen and oxygen atoms in total. The SMILES string of the molecule is CC(CCO)NC(C)c1ccc(-c2ccccc2)cc1. The van der Waals surface area contributed by atoms with Crippen molar-refractivity contribution < 1.29 is 5.11 Å². The van der Waals surface area contributed by atoms with Gasteiger partial charge in [-0.25, -0.2) is 0 Å². The molecule has 0 heterocycles. The maximum absolute atomic E-state index is 8.94. The topological polar surface area (TPSA) is 32.3 Å². The normalized spacial score (nSPS) is 13.9. The number of aliphatic hydroxyl groups excluding tert-OH is 1. The number of aliphatic hydroxyl groups is 1. The molecule has 2 aromatic carbocycles. The first kappa shape index (κ1) is 14.8. The molecule has 0 radical (unpaired) electrons. The van der Waals surface area contributed by atoms with Crippen LogP contribution in [-0.4, -0.2) is 17.8 Å². The lowest BCUT2D eigenvalue weighted by atomic mass is 10.0. The summed E-state index contributed by atoms with van der Waals surface area (Å²) < 4.78 is 0. The zero-order valence-corrected chi connectivity index (χ0v) is 12.2. The van der Waals surface area contributed by atoms with Crippen LogP contribution in [0.2, 0.25) is 0 Å². The van der Waals surface area contributed by atoms with Crippen LogP contribution in [0.4, 0.5) is 0 Å². The maximum Gasteiger partial charge on any atom is 0.0445 e. The molecular weight excluding hydrogens is 246 g/mol. The van der Waals surface area contributed by atoms with Crippen LogP contribution < -0.4 is 5.32 Å². The van der Waals surface area contributed by atoms with Crippen LogP contribution in [0.1, 0.15) is 31.9 Å². The first-order chi connectivity index (χ1) is 9.70. The molecule has 0 amide bonds. The van der Waals surface area contributed by atoms with Crippen molar-refractivity contribution in [2.45, 2.75) is 32.4 Å². The monoisotopic (exact) mass is 269 g/mol. The second-order valence-corrected chi connectivity index (χ2v) is 5.29. The van der Waals surface area contributed by atoms with Gasteiger partial charge in [-0.15, -0.1) is 0 Å². The van der Waals surface area contributed by atoms with E-state index in [1.54, 1.807) is 0 Å². The summed E-state index contributed by atoms with van der Waals surface area (Å²) in [5, 5.41) is 12.4. The van der Waals surface area contributed by atoms with Crippen molar-refractivity contribution >= 4 is 0 Å². The molecule has 0 bridgehead atoms. The van der Waals surface area contributed by atoms with Gasteiger partial charge in [-0.2, -0.15) is 0 Å². The fourth-order valence-corrected chi connectivity index (χ4v) is 2.39. The van der Waals surface area contributed by atoms with Gasteiger partial charge in [0.25, 0.3) is 0 Å². The average molecular weight is 269 g/mol. The first-order valence-corrected chi connectivity index (χ1v) is 7.23. The molecule has 20 heavy (non-hydrogen) atoms. The van der Waals surface area contributed by atoms with E-state index in [2.05, 4.69) is 67.7 Å². The zero-order chi connectivity index (χ0) is 14.4. The van der Waals surface area contributed by atoms with Gasteiger partial charge < -0.3 is 10.4 Å². The fourth-order valence-electron chi connectivity index (χ4n) is 2.39. The highest BCUT2D eigenvalue weighted by atomic mass is 16.3. The lowest BCUT2D eigenvalue weighted by Gasteiger charge is -2.20. The molecule has 106 valence electrons. The van der Waals surface area contributed by atoms with Crippen molar-refractivity contribution in [2.24, 2.45) is 0 Å². The van der Waals surface area contributed by atoms with E-state index in [1.165, 1.54) is 16.7 Å². The van der Waals surface area contributed by atoms with Gasteiger partial charge in [-0.05, 0) is 37.0 Å². The summed E-state index contributed by atoms with van der Waals surface area (Å²) in [6, 6.07) is 19.7. The summed E-state index contributed by atoms with van der Waals surface area (Å²) in [5.41, 5.74) is 3.76. The van der Waals surface area contributed by atoms with Crippen molar-refractivity contribution in [1.29, 1.82) is 0 Å². The molecule has 2 aromatic rings. The van der Waals surface area contributed by atoms with Crippen LogP contribution in [0, 0.1) is 0 Å². The van der Waals surface area contributed by atoms with Gasteiger partial charge >= 0.3 is 0 Å². The molecule has 2 unspecified atom stereocenters. The molecule has 0 fully saturated rings. The summed E-state index contributed by atoms with van der Waals surface area (Å²) in [6.07, 6.45) is 0.784. The predicted octanol–water partition coefficient (Wildman–Crippen LogP) is 3.78. The Morgan fingerprint density at radius 1 is 0.900 bits per heavy atom. The Labute approximate surface area is 121 Å². The molecule has 2 heteroatoms. The number of rotatable bonds is 6. The van der Waals surface area contributed by atoms with Gasteiger partial charge in [0.05, 0.1) is 0 Å². The molecule has 2 rings (SSSR count). The minimum Gasteiger partial charge on any atom is -0.396 e. The van der Waals surface area contributed by atoms with Crippen LogP contribution in [0.15, 0.2) is 54.6 Å². The molecule has 0 aliphatic carbocycles. The Balaban J connectivity index is 2.04. The molecular formula is C18H23NO. The first-order valence-electron chi connectivity index (χ1n) is 7.23. The van der Waals surface area contributed by atoms with Crippen LogP contribution >= 0.6 is 0 Å². The third-order valence-corrected chi connectivity index (χ3v) is 3.61. The second kappa shape index (κ2) is 7.22. The molecule has 0 saturated heterocycles. The van der Waals surface area contributed by atoms with Gasteiger partial charge in [0.15, 0.2) is 0 Å². The van der Waals surface area contributed by atoms with E-state index in [-0.39, 0.29) is 6.61 Å². The number of nitrogens with one attached hydrogen (secondary N) is 1. The van der Waals surface area contributed by atoms with Gasteiger partial charge in [0.2, 0.25) is 0 Å². The highest BCUT2D eigenvalue weighted by Crippen LogP contribution is 2.22. The smallest absolute Gasteiger partial charge is 0.0445 e. The summed E-state index contributed by atoms with van der Waals surface area (Å²) >= 11 is 0. The summed E-state index contributed by atoms with van der Waals surface area (Å²) in [4.78, 5) is 0. The largest absolute Gasteiger partial charge is 0.396 e. The van der Waals surface area contributed by atoms with Gasteiger partial charge in [0.1, 0.15) is 0 Å². The minimum atomic E-state index is 0.230. The van der Waals surface area contributed by atoms with Gasteiger partial charge in [0, 0.05) is 18.7 Å². The van der Waals surface area contributed by atoms with Gasteiger partial charge in [-0.3, -0.25) is 0 Å². The van der Waals surface area contributed by atoms with Crippen LogP contribution in [0.5, 0.6) is 0 Å². The zero-order valence-electron chi connectivity index (χ0n) is 12.2. The Bertz CT molecular complexity index is 507. The average Bonchev–Trinajstić information content (AvgIpc) is 2.48. The number of hydrogen-bond acceptors (Lipinski definition) is 2. The molecule has 2 atom stereocenters. The van der Waals surface area contributed by atoms with E-state index in [1.807, 2.05) is 6.07 Å². The molecule has 0 saturated carbocycles. The highest BCUT2D eigenvalue weighted by Gasteiger charge is 2.09. The quantitative estimate of drug-likeness (QED) is 0.836. The minimum absolute atomic E-state index is 0.230. The standard InChI is InChI=1S/C18H23NO/c1-14(12-13-20)19-15(2)16-8-10-18(11-9-16)17-6-4-3-5-7-17/h3-11,14-15,19-20H,12-13H2,1-2H3. The van der Waals surface area contributed by atoms with Crippen LogP contribution in [0.25, 0.3) is 11.1 Å². The van der Waals surface area contributed by atoms with Crippen molar-refractivity contribution in [3.63, 3.8) is 0 Å². The van der Waals surface area contributed by atoms with E-state index < -0.39 is 0 Å². The lowest BCUT2D eigenvalue weighted by Crippen LogP contribution is -2.29. The Kier molecular flexibility index (Phi) is 5.33. The second-order valence-electron chi connectivity index (χ2n) is 5.29. The fraction of sp³-hybridized carbons (Fsp3) is 0.333. The van der Waals surface area contributed by atoms with Gasteiger partial charge in [-0.1, -0.05) is 54.6 Å². The Morgan fingerprint density at radius 3 is 2.10 bits per heavy atom. The summed E-state index contributed by atoms with van der Waals surface area (Å²) in [7, 11) is 0. The van der Waals surface area contributed by atoms with E-state index in [9.17, 15) is 0 Å². The van der Waals surface area contributed by atoms with Crippen molar-refractivity contribution in [3.05, 3.63) is 60.2 Å². The molecule has 0 aliphatic rings. The Morgan fingerprint density at radius 2 is 1.50 bits per heavy atom. The predicted molar refractivity (Wildman–Crippen MR) is 84.6 cm³/mol. The van der Waals surface area contributed by atoms with E-state index in [4.69, 9.17) is 5.11 Å². The maximum atomic E-state index is 8.94. The summed E-state index contributed by atoms with van der Waals surface area (Å²) in [6.45, 7) is 4.49. The summed E-state index contributed by atoms with van der Waals surface area (Å²) in [5.74, 6) is 0. The molecule has 0 aromatic heterocycles. The van der Waals surface area contributed by atoms with Crippen molar-refractivity contribution in [1.82, 2.24) is 5.32 Å². The van der Waals surface area contributed by atoms with E-state index in [0.29, 0.717) is 12.1 Å². The lowest BCUT2D eigenvalue weighted by molar-refractivity contribution is 0.264. The van der Waals surface area contributed by atoms with E-state index >= 15 is 0 Å². The number of benzene rings is 2. The van der Waals surface area contributed by atoms with E-state index in [0.717, 1.165) is 6.42 Å². The molecule has 0 aliphatic heterocycles. The third-order valence-electron chi connectivity index (χ3n) is 3.61. The Hall–Kier alpha value is -1.64. The van der Waals surface area contributed by atoms with Crippen LogP contribution in [0.3, 0.4) is 0 Å². The molecule has 0 spiro atoms. The van der Waals surface area contributed by atoms with Crippen molar-refractivity contribution in [3.8, 4) is 11.1 Å².